The fourth-order valence-electron chi connectivity index (χ4n) is 1.89. The number of aromatic nitrogens is 2. The minimum Gasteiger partial charge on any atom is -0.380 e. The third kappa shape index (κ3) is 6.21. The largest absolute Gasteiger partial charge is 0.380 e. The van der Waals surface area contributed by atoms with Gasteiger partial charge in [0.25, 0.3) is 0 Å². The zero-order valence-corrected chi connectivity index (χ0v) is 12.9. The lowest BCUT2D eigenvalue weighted by Crippen LogP contribution is -2.21. The first-order chi connectivity index (χ1) is 9.17. The molecule has 4 heteroatoms. The molecule has 0 spiro atoms. The summed E-state index contributed by atoms with van der Waals surface area (Å²) in [5, 5.41) is 7.96. The Kier molecular flexibility index (Phi) is 7.75. The maximum Gasteiger partial charge on any atom is 0.0625 e. The SMILES string of the molecule is CCc1cc(CNCCOCCC(C)C)n(CC)n1. The maximum atomic E-state index is 5.58. The van der Waals surface area contributed by atoms with E-state index in [-0.39, 0.29) is 0 Å². The lowest BCUT2D eigenvalue weighted by molar-refractivity contribution is 0.125. The van der Waals surface area contributed by atoms with Crippen molar-refractivity contribution in [1.82, 2.24) is 15.1 Å². The van der Waals surface area contributed by atoms with Gasteiger partial charge in [0, 0.05) is 26.2 Å². The van der Waals surface area contributed by atoms with Gasteiger partial charge in [0.2, 0.25) is 0 Å². The summed E-state index contributed by atoms with van der Waals surface area (Å²) in [5.41, 5.74) is 2.44. The Morgan fingerprint density at radius 1 is 1.32 bits per heavy atom. The van der Waals surface area contributed by atoms with Crippen LogP contribution in [0.25, 0.3) is 0 Å². The van der Waals surface area contributed by atoms with E-state index in [1.54, 1.807) is 0 Å². The third-order valence-corrected chi connectivity index (χ3v) is 3.14. The second kappa shape index (κ2) is 9.10. The van der Waals surface area contributed by atoms with Gasteiger partial charge in [-0.1, -0.05) is 20.8 Å². The molecule has 0 unspecified atom stereocenters. The zero-order chi connectivity index (χ0) is 14.1. The van der Waals surface area contributed by atoms with E-state index < -0.39 is 0 Å². The van der Waals surface area contributed by atoms with Crippen molar-refractivity contribution >= 4 is 0 Å². The van der Waals surface area contributed by atoms with Crippen LogP contribution < -0.4 is 5.32 Å². The van der Waals surface area contributed by atoms with Gasteiger partial charge in [0.05, 0.1) is 18.0 Å². The van der Waals surface area contributed by atoms with Gasteiger partial charge in [-0.05, 0) is 31.7 Å². The number of ether oxygens (including phenoxy) is 1. The zero-order valence-electron chi connectivity index (χ0n) is 12.9. The van der Waals surface area contributed by atoms with Crippen molar-refractivity contribution < 1.29 is 4.74 Å². The van der Waals surface area contributed by atoms with Gasteiger partial charge in [-0.25, -0.2) is 0 Å². The van der Waals surface area contributed by atoms with Crippen molar-refractivity contribution in [2.75, 3.05) is 19.8 Å². The summed E-state index contributed by atoms with van der Waals surface area (Å²) < 4.78 is 7.66. The van der Waals surface area contributed by atoms with Gasteiger partial charge in [-0.2, -0.15) is 5.10 Å². The summed E-state index contributed by atoms with van der Waals surface area (Å²) in [6, 6.07) is 2.19. The monoisotopic (exact) mass is 267 g/mol. The molecule has 0 bridgehead atoms. The van der Waals surface area contributed by atoms with Crippen LogP contribution >= 0.6 is 0 Å². The molecule has 0 aliphatic heterocycles. The Labute approximate surface area is 117 Å². The molecular formula is C15H29N3O. The van der Waals surface area contributed by atoms with Crippen LogP contribution in [-0.4, -0.2) is 29.5 Å². The minimum atomic E-state index is 0.722. The highest BCUT2D eigenvalue weighted by atomic mass is 16.5. The topological polar surface area (TPSA) is 39.1 Å². The molecule has 0 aromatic carbocycles. The van der Waals surface area contributed by atoms with Crippen LogP contribution in [0.3, 0.4) is 0 Å². The molecule has 0 saturated carbocycles. The minimum absolute atomic E-state index is 0.722. The lowest BCUT2D eigenvalue weighted by atomic mass is 10.1. The highest BCUT2D eigenvalue weighted by Crippen LogP contribution is 2.05. The number of hydrogen-bond acceptors (Lipinski definition) is 3. The Bertz CT molecular complexity index is 347. The van der Waals surface area contributed by atoms with Crippen molar-refractivity contribution in [3.05, 3.63) is 17.5 Å². The quantitative estimate of drug-likeness (QED) is 0.662. The van der Waals surface area contributed by atoms with E-state index >= 15 is 0 Å². The molecule has 1 N–H and O–H groups in total. The predicted octanol–water partition coefficient (Wildman–Crippen LogP) is 2.62. The fraction of sp³-hybridized carbons (Fsp3) is 0.800. The first-order valence-electron chi connectivity index (χ1n) is 7.51. The van der Waals surface area contributed by atoms with E-state index in [1.165, 1.54) is 11.4 Å². The Morgan fingerprint density at radius 2 is 2.11 bits per heavy atom. The number of rotatable bonds is 10. The molecule has 19 heavy (non-hydrogen) atoms. The summed E-state index contributed by atoms with van der Waals surface area (Å²) in [4.78, 5) is 0. The summed E-state index contributed by atoms with van der Waals surface area (Å²) in [6.07, 6.45) is 2.14. The Morgan fingerprint density at radius 3 is 2.74 bits per heavy atom. The van der Waals surface area contributed by atoms with Crippen LogP contribution in [0.2, 0.25) is 0 Å². The molecule has 110 valence electrons. The highest BCUT2D eigenvalue weighted by molar-refractivity contribution is 5.10. The molecule has 0 radical (unpaired) electrons. The van der Waals surface area contributed by atoms with E-state index in [2.05, 4.69) is 48.9 Å². The number of nitrogens with one attached hydrogen (secondary N) is 1. The molecule has 0 fully saturated rings. The van der Waals surface area contributed by atoms with Gasteiger partial charge in [0.15, 0.2) is 0 Å². The van der Waals surface area contributed by atoms with Crippen molar-refractivity contribution in [2.24, 2.45) is 5.92 Å². The molecule has 0 aliphatic rings. The predicted molar refractivity (Wildman–Crippen MR) is 79.3 cm³/mol. The van der Waals surface area contributed by atoms with Gasteiger partial charge >= 0.3 is 0 Å². The molecule has 1 rings (SSSR count). The molecule has 0 amide bonds. The molecule has 1 heterocycles. The first-order valence-corrected chi connectivity index (χ1v) is 7.51. The van der Waals surface area contributed by atoms with Crippen LogP contribution in [0, 0.1) is 5.92 Å². The van der Waals surface area contributed by atoms with Gasteiger partial charge < -0.3 is 10.1 Å². The van der Waals surface area contributed by atoms with E-state index in [9.17, 15) is 0 Å². The van der Waals surface area contributed by atoms with Crippen molar-refractivity contribution in [3.63, 3.8) is 0 Å². The van der Waals surface area contributed by atoms with E-state index in [1.807, 2.05) is 0 Å². The Hall–Kier alpha value is -0.870. The number of nitrogens with zero attached hydrogens (tertiary/aromatic N) is 2. The van der Waals surface area contributed by atoms with Crippen LogP contribution in [0.4, 0.5) is 0 Å². The number of hydrogen-bond donors (Lipinski definition) is 1. The fourth-order valence-corrected chi connectivity index (χ4v) is 1.89. The molecule has 1 aromatic heterocycles. The second-order valence-corrected chi connectivity index (χ2v) is 5.27. The summed E-state index contributed by atoms with van der Waals surface area (Å²) >= 11 is 0. The average Bonchev–Trinajstić information content (AvgIpc) is 2.79. The first kappa shape index (κ1) is 16.2. The normalized spacial score (nSPS) is 11.4. The van der Waals surface area contributed by atoms with Crippen LogP contribution in [0.5, 0.6) is 0 Å². The number of aryl methyl sites for hydroxylation is 2. The third-order valence-electron chi connectivity index (χ3n) is 3.14. The maximum absolute atomic E-state index is 5.58. The van der Waals surface area contributed by atoms with E-state index in [4.69, 9.17) is 4.74 Å². The van der Waals surface area contributed by atoms with Gasteiger partial charge in [-0.15, -0.1) is 0 Å². The van der Waals surface area contributed by atoms with E-state index in [0.717, 1.165) is 51.6 Å². The summed E-state index contributed by atoms with van der Waals surface area (Å²) in [6.45, 7) is 13.1. The molecule has 0 aliphatic carbocycles. The Balaban J connectivity index is 2.16. The van der Waals surface area contributed by atoms with Crippen LogP contribution in [-0.2, 0) is 24.2 Å². The summed E-state index contributed by atoms with van der Waals surface area (Å²) in [7, 11) is 0. The van der Waals surface area contributed by atoms with Crippen molar-refractivity contribution in [3.8, 4) is 0 Å². The van der Waals surface area contributed by atoms with Gasteiger partial charge in [-0.3, -0.25) is 4.68 Å². The smallest absolute Gasteiger partial charge is 0.0625 e. The second-order valence-electron chi connectivity index (χ2n) is 5.27. The van der Waals surface area contributed by atoms with Crippen LogP contribution in [0.15, 0.2) is 6.07 Å². The molecule has 0 atom stereocenters. The van der Waals surface area contributed by atoms with Crippen LogP contribution in [0.1, 0.15) is 45.5 Å². The van der Waals surface area contributed by atoms with Crippen molar-refractivity contribution in [2.45, 2.75) is 53.6 Å². The molecule has 0 saturated heterocycles. The van der Waals surface area contributed by atoms with Gasteiger partial charge in [0.1, 0.15) is 0 Å². The highest BCUT2D eigenvalue weighted by Gasteiger charge is 2.04. The average molecular weight is 267 g/mol. The van der Waals surface area contributed by atoms with E-state index in [0.29, 0.717) is 0 Å². The molecule has 1 aromatic rings. The lowest BCUT2D eigenvalue weighted by Gasteiger charge is -2.08. The molecular weight excluding hydrogens is 238 g/mol. The molecule has 4 nitrogen and oxygen atoms in total. The summed E-state index contributed by atoms with van der Waals surface area (Å²) in [5.74, 6) is 0.722. The van der Waals surface area contributed by atoms with Crippen molar-refractivity contribution in [1.29, 1.82) is 0 Å². The standard InChI is InChI=1S/C15H29N3O/c1-5-14-11-15(18(6-2)17-14)12-16-8-10-19-9-7-13(3)4/h11,13,16H,5-10,12H2,1-4H3.